The van der Waals surface area contributed by atoms with Gasteiger partial charge < -0.3 is 40.4 Å². The number of carbonyl (C=O) groups excluding carboxylic acids is 6. The molecule has 71 heavy (non-hydrogen) atoms. The number of nitrogens with two attached hydrogens (primary N) is 1. The lowest BCUT2D eigenvalue weighted by molar-refractivity contribution is -0.947. The standard InChI is InChI=1S/C52H62ClFN8O9/c1-69-43-32-42-39(49(58-34-57-42)59-38-15-16-41(54)40(53)30-38)31-44(43)71-26-8-23-62(24-27-70-28-25-62)33-35-11-13-37(14-12-35)60-50(67)36(9-6-21-56-51(55)68)29-46(64)52(19-7-20-52)45(63)10-4-2-3-5-22-61-47(65)17-18-48(61)66/h11-18,30-32,34,36H,2-10,19-29,33H2,1H3,(H4-,55,56,57,58,59,60,67,68)/p+1/t36-/m1/s1. The van der Waals surface area contributed by atoms with E-state index in [-0.39, 0.29) is 53.7 Å². The summed E-state index contributed by atoms with van der Waals surface area (Å²) in [7, 11) is 1.57. The van der Waals surface area contributed by atoms with E-state index in [2.05, 4.69) is 25.9 Å². The molecule has 17 nitrogen and oxygen atoms in total. The van der Waals surface area contributed by atoms with Crippen molar-refractivity contribution >= 4 is 75.0 Å². The van der Waals surface area contributed by atoms with Crippen LogP contribution in [-0.2, 0) is 35.3 Å². The van der Waals surface area contributed by atoms with Crippen molar-refractivity contribution in [1.29, 1.82) is 0 Å². The van der Waals surface area contributed by atoms with Crippen LogP contribution < -0.4 is 31.2 Å². The molecule has 378 valence electrons. The van der Waals surface area contributed by atoms with Crippen LogP contribution in [0.25, 0.3) is 10.9 Å². The number of amides is 5. The summed E-state index contributed by atoms with van der Waals surface area (Å²) in [6, 6.07) is 15.0. The van der Waals surface area contributed by atoms with E-state index in [0.717, 1.165) is 61.9 Å². The summed E-state index contributed by atoms with van der Waals surface area (Å²) in [6.07, 6.45) is 9.90. The summed E-state index contributed by atoms with van der Waals surface area (Å²) >= 11 is 6.02. The summed E-state index contributed by atoms with van der Waals surface area (Å²) in [5.41, 5.74) is 7.02. The number of unbranched alkanes of at least 4 members (excludes halogenated alkanes) is 3. The molecule has 0 spiro atoms. The first-order valence-corrected chi connectivity index (χ1v) is 24.8. The van der Waals surface area contributed by atoms with E-state index in [1.54, 1.807) is 19.2 Å². The first kappa shape index (κ1) is 52.3. The molecule has 0 unspecified atom stereocenters. The molecule has 3 heterocycles. The Morgan fingerprint density at radius 3 is 2.32 bits per heavy atom. The summed E-state index contributed by atoms with van der Waals surface area (Å²) in [6.45, 7) is 5.38. The number of primary amides is 1. The van der Waals surface area contributed by atoms with Crippen molar-refractivity contribution in [2.75, 3.05) is 70.3 Å². The Hall–Kier alpha value is -6.50. The van der Waals surface area contributed by atoms with Gasteiger partial charge in [0.05, 0.1) is 49.4 Å². The first-order valence-electron chi connectivity index (χ1n) is 24.4. The monoisotopic (exact) mass is 997 g/mol. The predicted molar refractivity (Wildman–Crippen MR) is 266 cm³/mol. The van der Waals surface area contributed by atoms with Crippen molar-refractivity contribution < 1.29 is 51.9 Å². The van der Waals surface area contributed by atoms with Gasteiger partial charge in [-0.15, -0.1) is 0 Å². The molecule has 0 radical (unpaired) electrons. The molecule has 1 aromatic heterocycles. The number of ketones is 2. The van der Waals surface area contributed by atoms with Gasteiger partial charge in [0.2, 0.25) is 5.91 Å². The zero-order valence-electron chi connectivity index (χ0n) is 40.2. The van der Waals surface area contributed by atoms with Crippen LogP contribution in [0, 0.1) is 17.2 Å². The number of rotatable bonds is 27. The summed E-state index contributed by atoms with van der Waals surface area (Å²) in [5, 5.41) is 9.42. The third kappa shape index (κ3) is 13.7. The quantitative estimate of drug-likeness (QED) is 0.0197. The van der Waals surface area contributed by atoms with Gasteiger partial charge in [-0.1, -0.05) is 43.0 Å². The highest BCUT2D eigenvalue weighted by molar-refractivity contribution is 6.31. The molecule has 19 heteroatoms. The lowest BCUT2D eigenvalue weighted by atomic mass is 9.61. The van der Waals surface area contributed by atoms with Crippen molar-refractivity contribution in [2.45, 2.75) is 83.6 Å². The normalized spacial score (nSPS) is 16.3. The molecule has 5 amide bonds. The highest BCUT2D eigenvalue weighted by Gasteiger charge is 2.49. The predicted octanol–water partition coefficient (Wildman–Crippen LogP) is 7.57. The molecule has 3 aromatic carbocycles. The number of Topliss-reactive ketones (excluding diaryl/α,β-unsaturated/α-hetero) is 2. The van der Waals surface area contributed by atoms with Crippen molar-refractivity contribution in [1.82, 2.24) is 20.2 Å². The molecule has 2 fully saturated rings. The molecule has 2 aliphatic heterocycles. The number of hydrogen-bond donors (Lipinski definition) is 4. The van der Waals surface area contributed by atoms with Gasteiger partial charge in [-0.3, -0.25) is 28.9 Å². The number of halogens is 2. The van der Waals surface area contributed by atoms with Crippen LogP contribution in [0.5, 0.6) is 11.5 Å². The van der Waals surface area contributed by atoms with E-state index < -0.39 is 23.2 Å². The highest BCUT2D eigenvalue weighted by Crippen LogP contribution is 2.45. The van der Waals surface area contributed by atoms with Gasteiger partial charge in [-0.05, 0) is 74.9 Å². The number of urea groups is 1. The number of nitrogens with zero attached hydrogens (tertiary/aromatic N) is 4. The number of ether oxygens (including phenoxy) is 3. The Morgan fingerprint density at radius 2 is 1.63 bits per heavy atom. The SMILES string of the molecule is COc1cc2ncnc(Nc3ccc(F)c(Cl)c3)c2cc1OCCC[N+]1(Cc2ccc(NC(=O)[C@H](CCCNC(N)=O)CC(=O)C3(C(=O)CCCCCCN4C(=O)C=CC4=O)CCC3)cc2)CCOCC1. The molecule has 1 saturated heterocycles. The number of morpholine rings is 1. The zero-order chi connectivity index (χ0) is 50.4. The topological polar surface area (TPSA) is 221 Å². The molecule has 3 aliphatic rings. The van der Waals surface area contributed by atoms with Crippen LogP contribution >= 0.6 is 11.6 Å². The number of fused-ring (bicyclic) bond motifs is 1. The van der Waals surface area contributed by atoms with Crippen molar-refractivity contribution in [3.63, 3.8) is 0 Å². The second-order valence-electron chi connectivity index (χ2n) is 18.6. The first-order chi connectivity index (χ1) is 34.3. The number of carbonyl (C=O) groups is 6. The smallest absolute Gasteiger partial charge is 0.312 e. The van der Waals surface area contributed by atoms with Gasteiger partial charge in [0.15, 0.2) is 11.5 Å². The largest absolute Gasteiger partial charge is 0.493 e. The van der Waals surface area contributed by atoms with Crippen molar-refractivity contribution in [2.24, 2.45) is 17.1 Å². The highest BCUT2D eigenvalue weighted by atomic mass is 35.5. The number of quaternary nitrogens is 1. The lowest BCUT2D eigenvalue weighted by Gasteiger charge is -2.41. The number of hydrogen-bond acceptors (Lipinski definition) is 12. The van der Waals surface area contributed by atoms with Gasteiger partial charge in [0, 0.05) is 78.8 Å². The Bertz CT molecular complexity index is 2590. The van der Waals surface area contributed by atoms with Crippen LogP contribution in [0.4, 0.5) is 26.4 Å². The third-order valence-electron chi connectivity index (χ3n) is 13.8. The third-order valence-corrected chi connectivity index (χ3v) is 14.1. The van der Waals surface area contributed by atoms with Crippen LogP contribution in [0.1, 0.15) is 82.6 Å². The second kappa shape index (κ2) is 24.6. The number of nitrogens with one attached hydrogen (secondary N) is 3. The van der Waals surface area contributed by atoms with Crippen molar-refractivity contribution in [3.05, 3.63) is 89.5 Å². The Labute approximate surface area is 417 Å². The van der Waals surface area contributed by atoms with Gasteiger partial charge in [0.25, 0.3) is 11.8 Å². The van der Waals surface area contributed by atoms with E-state index in [9.17, 15) is 33.2 Å². The summed E-state index contributed by atoms with van der Waals surface area (Å²) in [5.74, 6) is -0.995. The molecule has 0 bridgehead atoms. The minimum absolute atomic E-state index is 0.0134. The molecule has 7 rings (SSSR count). The molecular formula is C52H63ClFN8O9+. The number of benzene rings is 3. The molecule has 1 saturated carbocycles. The minimum atomic E-state index is -1.10. The fourth-order valence-electron chi connectivity index (χ4n) is 9.59. The number of methoxy groups -OCH3 is 1. The maximum Gasteiger partial charge on any atom is 0.312 e. The van der Waals surface area contributed by atoms with E-state index in [4.69, 9.17) is 31.5 Å². The molecule has 1 atom stereocenters. The summed E-state index contributed by atoms with van der Waals surface area (Å²) in [4.78, 5) is 86.6. The van der Waals surface area contributed by atoms with E-state index in [1.165, 1.54) is 35.5 Å². The molecular weight excluding hydrogens is 935 g/mol. The summed E-state index contributed by atoms with van der Waals surface area (Å²) < 4.78 is 32.4. The van der Waals surface area contributed by atoms with Gasteiger partial charge in [0.1, 0.15) is 49.2 Å². The van der Waals surface area contributed by atoms with Crippen molar-refractivity contribution in [3.8, 4) is 11.5 Å². The van der Waals surface area contributed by atoms with E-state index in [1.807, 2.05) is 30.3 Å². The van der Waals surface area contributed by atoms with Gasteiger partial charge >= 0.3 is 6.03 Å². The van der Waals surface area contributed by atoms with Gasteiger partial charge in [-0.2, -0.15) is 0 Å². The molecule has 4 aromatic rings. The Morgan fingerprint density at radius 1 is 0.901 bits per heavy atom. The second-order valence-corrected chi connectivity index (χ2v) is 19.0. The number of anilines is 3. The lowest BCUT2D eigenvalue weighted by Crippen LogP contribution is -2.55. The van der Waals surface area contributed by atoms with Gasteiger partial charge in [-0.25, -0.2) is 19.2 Å². The maximum atomic E-state index is 14.0. The molecule has 5 N–H and O–H groups in total. The van der Waals surface area contributed by atoms with Crippen LogP contribution in [0.15, 0.2) is 73.1 Å². The number of aromatic nitrogens is 2. The average molecular weight is 999 g/mol. The zero-order valence-corrected chi connectivity index (χ0v) is 40.9. The van der Waals surface area contributed by atoms with E-state index >= 15 is 0 Å². The van der Waals surface area contributed by atoms with Crippen LogP contribution in [0.3, 0.4) is 0 Å². The van der Waals surface area contributed by atoms with Crippen LogP contribution in [0.2, 0.25) is 5.02 Å². The minimum Gasteiger partial charge on any atom is -0.493 e. The Balaban J connectivity index is 0.931. The number of imide groups is 1. The van der Waals surface area contributed by atoms with Crippen LogP contribution in [-0.4, -0.2) is 114 Å². The maximum absolute atomic E-state index is 14.0. The average Bonchev–Trinajstić information content (AvgIpc) is 3.66. The van der Waals surface area contributed by atoms with E-state index in [0.29, 0.717) is 104 Å². The molecule has 1 aliphatic carbocycles. The fraction of sp³-hybridized carbons (Fsp3) is 0.462. The Kier molecular flexibility index (Phi) is 18.1. The fourth-order valence-corrected chi connectivity index (χ4v) is 9.77.